The van der Waals surface area contributed by atoms with Gasteiger partial charge in [0.2, 0.25) is 0 Å². The summed E-state index contributed by atoms with van der Waals surface area (Å²) in [6.07, 6.45) is 12.2. The lowest BCUT2D eigenvalue weighted by atomic mass is 10.1. The number of carbonyl (C=O) groups excluding carboxylic acids is 2. The lowest BCUT2D eigenvalue weighted by Crippen LogP contribution is -2.32. The predicted octanol–water partition coefficient (Wildman–Crippen LogP) is 4.97. The molecule has 0 aliphatic carbocycles. The molecule has 120 valence electrons. The molecule has 1 heterocycles. The summed E-state index contributed by atoms with van der Waals surface area (Å²) in [6, 6.07) is 0. The zero-order valence-electron chi connectivity index (χ0n) is 12.8. The summed E-state index contributed by atoms with van der Waals surface area (Å²) in [7, 11) is 0. The summed E-state index contributed by atoms with van der Waals surface area (Å²) >= 11 is 11.3. The van der Waals surface area contributed by atoms with Crippen LogP contribution in [0.15, 0.2) is 10.1 Å². The third-order valence-corrected chi connectivity index (χ3v) is 4.59. The SMILES string of the molecule is CCCCCCCCCCCCN1C(=O)C(Cl)=C(Cl)C1=O. The number of unbranched alkanes of at least 4 members (excludes halogenated alkanes) is 9. The van der Waals surface area contributed by atoms with Crippen LogP contribution < -0.4 is 0 Å². The van der Waals surface area contributed by atoms with Gasteiger partial charge < -0.3 is 0 Å². The van der Waals surface area contributed by atoms with Crippen LogP contribution in [-0.4, -0.2) is 23.3 Å². The Bertz CT molecular complexity index is 370. The Morgan fingerprint density at radius 1 is 0.714 bits per heavy atom. The number of halogens is 2. The van der Waals surface area contributed by atoms with Crippen LogP contribution in [0.4, 0.5) is 0 Å². The molecule has 0 aromatic carbocycles. The van der Waals surface area contributed by atoms with Crippen LogP contribution in [0.5, 0.6) is 0 Å². The van der Waals surface area contributed by atoms with E-state index in [9.17, 15) is 9.59 Å². The lowest BCUT2D eigenvalue weighted by Gasteiger charge is -2.13. The van der Waals surface area contributed by atoms with Gasteiger partial charge in [-0.3, -0.25) is 14.5 Å². The molecule has 5 heteroatoms. The van der Waals surface area contributed by atoms with E-state index in [1.54, 1.807) is 0 Å². The molecular formula is C16H25Cl2NO2. The largest absolute Gasteiger partial charge is 0.274 e. The smallest absolute Gasteiger partial charge is 0.273 e. The molecule has 0 saturated carbocycles. The molecule has 3 nitrogen and oxygen atoms in total. The fourth-order valence-corrected chi connectivity index (χ4v) is 2.84. The minimum absolute atomic E-state index is 0.145. The van der Waals surface area contributed by atoms with Crippen LogP contribution in [0.3, 0.4) is 0 Å². The molecule has 0 unspecified atom stereocenters. The van der Waals surface area contributed by atoms with E-state index in [1.807, 2.05) is 0 Å². The van der Waals surface area contributed by atoms with Gasteiger partial charge in [-0.2, -0.15) is 0 Å². The van der Waals surface area contributed by atoms with Gasteiger partial charge in [0.25, 0.3) is 11.8 Å². The van der Waals surface area contributed by atoms with Crippen molar-refractivity contribution in [3.63, 3.8) is 0 Å². The fourth-order valence-electron chi connectivity index (χ4n) is 2.48. The Hall–Kier alpha value is -0.540. The molecular weight excluding hydrogens is 309 g/mol. The van der Waals surface area contributed by atoms with E-state index in [2.05, 4.69) is 6.92 Å². The number of hydrogen-bond donors (Lipinski definition) is 0. The molecule has 0 aromatic heterocycles. The van der Waals surface area contributed by atoms with Crippen molar-refractivity contribution in [1.82, 2.24) is 4.90 Å². The maximum absolute atomic E-state index is 11.6. The van der Waals surface area contributed by atoms with Gasteiger partial charge in [0, 0.05) is 6.54 Å². The summed E-state index contributed by atoms with van der Waals surface area (Å²) in [5, 5.41) is -0.289. The topological polar surface area (TPSA) is 37.4 Å². The second-order valence-corrected chi connectivity index (χ2v) is 6.33. The molecule has 0 bridgehead atoms. The summed E-state index contributed by atoms with van der Waals surface area (Å²) in [4.78, 5) is 24.4. The average molecular weight is 334 g/mol. The zero-order valence-corrected chi connectivity index (χ0v) is 14.3. The minimum Gasteiger partial charge on any atom is -0.273 e. The molecule has 0 fully saturated rings. The van der Waals surface area contributed by atoms with Gasteiger partial charge in [0.1, 0.15) is 10.1 Å². The highest BCUT2D eigenvalue weighted by Crippen LogP contribution is 2.26. The van der Waals surface area contributed by atoms with Crippen molar-refractivity contribution in [2.45, 2.75) is 71.1 Å². The molecule has 2 amide bonds. The molecule has 21 heavy (non-hydrogen) atoms. The first-order valence-corrected chi connectivity index (χ1v) is 8.76. The number of carbonyl (C=O) groups is 2. The highest BCUT2D eigenvalue weighted by atomic mass is 35.5. The number of nitrogens with zero attached hydrogens (tertiary/aromatic N) is 1. The maximum Gasteiger partial charge on any atom is 0.274 e. The van der Waals surface area contributed by atoms with Crippen LogP contribution >= 0.6 is 23.2 Å². The quantitative estimate of drug-likeness (QED) is 0.395. The first kappa shape index (κ1) is 18.5. The Morgan fingerprint density at radius 3 is 1.52 bits per heavy atom. The number of amides is 2. The molecule has 1 rings (SSSR count). The van der Waals surface area contributed by atoms with Crippen molar-refractivity contribution < 1.29 is 9.59 Å². The highest BCUT2D eigenvalue weighted by molar-refractivity contribution is 6.58. The van der Waals surface area contributed by atoms with Crippen molar-refractivity contribution >= 4 is 35.0 Å². The second kappa shape index (κ2) is 10.2. The standard InChI is InChI=1S/C16H25Cl2NO2/c1-2-3-4-5-6-7-8-9-10-11-12-19-15(20)13(17)14(18)16(19)21/h2-12H2,1H3. The Labute approximate surface area is 137 Å². The van der Waals surface area contributed by atoms with E-state index >= 15 is 0 Å². The van der Waals surface area contributed by atoms with Crippen molar-refractivity contribution in [3.05, 3.63) is 10.1 Å². The summed E-state index contributed by atoms with van der Waals surface area (Å²) in [6.45, 7) is 2.65. The highest BCUT2D eigenvalue weighted by Gasteiger charge is 2.35. The number of hydrogen-bond acceptors (Lipinski definition) is 2. The van der Waals surface area contributed by atoms with Crippen LogP contribution in [0, 0.1) is 0 Å². The van der Waals surface area contributed by atoms with Gasteiger partial charge in [-0.05, 0) is 6.42 Å². The molecule has 0 N–H and O–H groups in total. The van der Waals surface area contributed by atoms with Gasteiger partial charge in [0.15, 0.2) is 0 Å². The van der Waals surface area contributed by atoms with E-state index in [0.717, 1.165) is 24.2 Å². The third-order valence-electron chi connectivity index (χ3n) is 3.79. The fraction of sp³-hybridized carbons (Fsp3) is 0.750. The first-order valence-electron chi connectivity index (χ1n) is 8.01. The average Bonchev–Trinajstić information content (AvgIpc) is 2.66. The Balaban J connectivity index is 2.01. The normalized spacial score (nSPS) is 15.5. The van der Waals surface area contributed by atoms with Crippen molar-refractivity contribution in [2.24, 2.45) is 0 Å². The number of rotatable bonds is 11. The van der Waals surface area contributed by atoms with Crippen LogP contribution in [0.1, 0.15) is 71.1 Å². The Kier molecular flexibility index (Phi) is 9.02. The van der Waals surface area contributed by atoms with E-state index in [-0.39, 0.29) is 10.1 Å². The molecule has 1 aliphatic heterocycles. The van der Waals surface area contributed by atoms with E-state index in [4.69, 9.17) is 23.2 Å². The number of imide groups is 1. The summed E-state index contributed by atoms with van der Waals surface area (Å²) in [5.74, 6) is -0.912. The van der Waals surface area contributed by atoms with Crippen molar-refractivity contribution in [3.8, 4) is 0 Å². The minimum atomic E-state index is -0.456. The van der Waals surface area contributed by atoms with E-state index in [0.29, 0.717) is 6.54 Å². The molecule has 0 spiro atoms. The van der Waals surface area contributed by atoms with Crippen molar-refractivity contribution in [2.75, 3.05) is 6.54 Å². The zero-order chi connectivity index (χ0) is 15.7. The molecule has 0 radical (unpaired) electrons. The van der Waals surface area contributed by atoms with Gasteiger partial charge in [-0.1, -0.05) is 87.9 Å². The summed E-state index contributed by atoms with van der Waals surface area (Å²) in [5.41, 5.74) is 0. The molecule has 1 aliphatic rings. The molecule has 0 atom stereocenters. The van der Waals surface area contributed by atoms with Crippen LogP contribution in [-0.2, 0) is 9.59 Å². The molecule has 0 aromatic rings. The van der Waals surface area contributed by atoms with E-state index in [1.165, 1.54) is 44.9 Å². The summed E-state index contributed by atoms with van der Waals surface area (Å²) < 4.78 is 0. The maximum atomic E-state index is 11.6. The van der Waals surface area contributed by atoms with Crippen LogP contribution in [0.25, 0.3) is 0 Å². The molecule has 0 saturated heterocycles. The van der Waals surface area contributed by atoms with Crippen LogP contribution in [0.2, 0.25) is 0 Å². The van der Waals surface area contributed by atoms with Crippen molar-refractivity contribution in [1.29, 1.82) is 0 Å². The third kappa shape index (κ3) is 5.99. The predicted molar refractivity (Wildman–Crippen MR) is 87.3 cm³/mol. The Morgan fingerprint density at radius 2 is 1.10 bits per heavy atom. The van der Waals surface area contributed by atoms with Gasteiger partial charge in [0.05, 0.1) is 0 Å². The van der Waals surface area contributed by atoms with Gasteiger partial charge >= 0.3 is 0 Å². The second-order valence-electron chi connectivity index (χ2n) is 5.57. The van der Waals surface area contributed by atoms with Gasteiger partial charge in [-0.15, -0.1) is 0 Å². The van der Waals surface area contributed by atoms with Gasteiger partial charge in [-0.25, -0.2) is 0 Å². The first-order chi connectivity index (χ1) is 10.1. The monoisotopic (exact) mass is 333 g/mol. The van der Waals surface area contributed by atoms with E-state index < -0.39 is 11.8 Å². The lowest BCUT2D eigenvalue weighted by molar-refractivity contribution is -0.137.